The van der Waals surface area contributed by atoms with E-state index in [-0.39, 0.29) is 21.4 Å². The summed E-state index contributed by atoms with van der Waals surface area (Å²) in [7, 11) is -3.89. The van der Waals surface area contributed by atoms with Crippen LogP contribution < -0.4 is 10.5 Å². The molecule has 1 saturated carbocycles. The van der Waals surface area contributed by atoms with Crippen molar-refractivity contribution < 1.29 is 13.2 Å². The minimum Gasteiger partial charge on any atom is -0.352 e. The third kappa shape index (κ3) is 3.71. The fourth-order valence-electron chi connectivity index (χ4n) is 1.95. The van der Waals surface area contributed by atoms with Gasteiger partial charge in [-0.1, -0.05) is 24.4 Å². The molecule has 0 aliphatic heterocycles. The number of sulfonamides is 1. The number of amides is 1. The summed E-state index contributed by atoms with van der Waals surface area (Å²) in [6, 6.07) is 2.52. The maximum atomic E-state index is 12.1. The van der Waals surface area contributed by atoms with Crippen LogP contribution in [0.5, 0.6) is 0 Å². The second-order valence-electron chi connectivity index (χ2n) is 5.11. The number of nitrogens with two attached hydrogens (primary N) is 1. The lowest BCUT2D eigenvalue weighted by molar-refractivity contribution is 0.0952. The van der Waals surface area contributed by atoms with Crippen LogP contribution in [0.15, 0.2) is 17.0 Å². The lowest BCUT2D eigenvalue weighted by Crippen LogP contribution is -2.26. The Morgan fingerprint density at radius 3 is 2.65 bits per heavy atom. The minimum absolute atomic E-state index is 0.152. The molecule has 7 heteroatoms. The number of primary sulfonamides is 1. The third-order valence-electron chi connectivity index (χ3n) is 3.43. The highest BCUT2D eigenvalue weighted by atomic mass is 35.5. The van der Waals surface area contributed by atoms with Crippen molar-refractivity contribution >= 4 is 27.5 Å². The van der Waals surface area contributed by atoms with Crippen molar-refractivity contribution in [3.05, 3.63) is 28.3 Å². The van der Waals surface area contributed by atoms with E-state index in [0.29, 0.717) is 12.1 Å². The normalized spacial score (nSPS) is 15.2. The maximum absolute atomic E-state index is 12.1. The lowest BCUT2D eigenvalue weighted by Gasteiger charge is -2.10. The van der Waals surface area contributed by atoms with Crippen LogP contribution in [0.1, 0.15) is 35.2 Å². The predicted molar refractivity (Wildman–Crippen MR) is 77.2 cm³/mol. The second-order valence-corrected chi connectivity index (χ2v) is 7.08. The molecule has 3 N–H and O–H groups in total. The summed E-state index contributed by atoms with van der Waals surface area (Å²) < 4.78 is 22.7. The van der Waals surface area contributed by atoms with Crippen molar-refractivity contribution in [2.24, 2.45) is 11.1 Å². The summed E-state index contributed by atoms with van der Waals surface area (Å²) in [5, 5.41) is 8.07. The Hall–Kier alpha value is -1.11. The van der Waals surface area contributed by atoms with Crippen LogP contribution in [0, 0.1) is 12.8 Å². The molecular weight excluding hydrogens is 300 g/mol. The molecule has 1 aromatic carbocycles. The number of carbonyl (C=O) groups excluding carboxylic acids is 1. The molecule has 0 heterocycles. The topological polar surface area (TPSA) is 89.3 Å². The number of hydrogen-bond donors (Lipinski definition) is 2. The van der Waals surface area contributed by atoms with E-state index in [1.807, 2.05) is 0 Å². The van der Waals surface area contributed by atoms with Gasteiger partial charge < -0.3 is 5.32 Å². The quantitative estimate of drug-likeness (QED) is 0.868. The minimum atomic E-state index is -3.89. The highest BCUT2D eigenvalue weighted by molar-refractivity contribution is 7.89. The number of rotatable bonds is 5. The van der Waals surface area contributed by atoms with Gasteiger partial charge in [0.15, 0.2) is 0 Å². The fourth-order valence-corrected chi connectivity index (χ4v) is 2.79. The van der Waals surface area contributed by atoms with Gasteiger partial charge in [-0.05, 0) is 37.0 Å². The van der Waals surface area contributed by atoms with E-state index in [9.17, 15) is 13.2 Å². The van der Waals surface area contributed by atoms with Gasteiger partial charge in [-0.15, -0.1) is 0 Å². The molecule has 0 aromatic heterocycles. The highest BCUT2D eigenvalue weighted by Crippen LogP contribution is 2.31. The Kier molecular flexibility index (Phi) is 4.36. The largest absolute Gasteiger partial charge is 0.352 e. The van der Waals surface area contributed by atoms with Gasteiger partial charge in [0.05, 0.1) is 4.90 Å². The molecule has 1 aliphatic rings. The van der Waals surface area contributed by atoms with Gasteiger partial charge in [0, 0.05) is 17.1 Å². The molecule has 0 atom stereocenters. The van der Waals surface area contributed by atoms with Gasteiger partial charge in [-0.25, -0.2) is 13.6 Å². The Bertz CT molecular complexity index is 639. The first-order valence-corrected chi connectivity index (χ1v) is 8.32. The summed E-state index contributed by atoms with van der Waals surface area (Å²) in [5.74, 6) is 0.395. The zero-order chi connectivity index (χ0) is 14.9. The van der Waals surface area contributed by atoms with Crippen molar-refractivity contribution in [2.75, 3.05) is 6.54 Å². The molecular formula is C13H17ClN2O3S. The number of benzene rings is 1. The molecule has 0 bridgehead atoms. The first kappa shape index (κ1) is 15.3. The van der Waals surface area contributed by atoms with Crippen molar-refractivity contribution in [3.63, 3.8) is 0 Å². The highest BCUT2D eigenvalue weighted by Gasteiger charge is 2.22. The molecule has 110 valence electrons. The van der Waals surface area contributed by atoms with Gasteiger partial charge in [0.1, 0.15) is 0 Å². The summed E-state index contributed by atoms with van der Waals surface area (Å²) in [4.78, 5) is 11.9. The van der Waals surface area contributed by atoms with Crippen molar-refractivity contribution in [1.82, 2.24) is 5.32 Å². The molecule has 1 fully saturated rings. The van der Waals surface area contributed by atoms with Gasteiger partial charge >= 0.3 is 0 Å². The van der Waals surface area contributed by atoms with Crippen LogP contribution in [0.3, 0.4) is 0 Å². The summed E-state index contributed by atoms with van der Waals surface area (Å²) >= 11 is 5.96. The van der Waals surface area contributed by atoms with Gasteiger partial charge in [0.2, 0.25) is 10.0 Å². The van der Waals surface area contributed by atoms with Gasteiger partial charge in [-0.2, -0.15) is 0 Å². The van der Waals surface area contributed by atoms with Crippen LogP contribution in [0.25, 0.3) is 0 Å². The number of halogens is 1. The second kappa shape index (κ2) is 5.71. The van der Waals surface area contributed by atoms with Crippen molar-refractivity contribution in [2.45, 2.75) is 31.1 Å². The molecule has 0 saturated heterocycles. The standard InChI is InChI=1S/C13H17ClN2O3S/c1-8-11(13(17)16-5-4-9-2-3-9)6-10(7-12(8)14)20(15,18)19/h6-7,9H,2-5H2,1H3,(H,16,17)(H2,15,18,19). The Morgan fingerprint density at radius 1 is 1.45 bits per heavy atom. The summed E-state index contributed by atoms with van der Waals surface area (Å²) in [6.07, 6.45) is 3.40. The monoisotopic (exact) mass is 316 g/mol. The van der Waals surface area contributed by atoms with Crippen LogP contribution >= 0.6 is 11.6 Å². The molecule has 0 spiro atoms. The maximum Gasteiger partial charge on any atom is 0.251 e. The van der Waals surface area contributed by atoms with Crippen LogP contribution in [-0.4, -0.2) is 20.9 Å². The molecule has 0 unspecified atom stereocenters. The Morgan fingerprint density at radius 2 is 2.10 bits per heavy atom. The number of carbonyl (C=O) groups is 1. The van der Waals surface area contributed by atoms with Gasteiger partial charge in [-0.3, -0.25) is 4.79 Å². The number of nitrogens with one attached hydrogen (secondary N) is 1. The molecule has 2 rings (SSSR count). The van der Waals surface area contributed by atoms with E-state index in [0.717, 1.165) is 12.3 Å². The Balaban J connectivity index is 2.20. The Labute approximate surface area is 123 Å². The lowest BCUT2D eigenvalue weighted by atomic mass is 10.1. The van der Waals surface area contributed by atoms with E-state index < -0.39 is 10.0 Å². The van der Waals surface area contributed by atoms with E-state index in [1.165, 1.54) is 25.0 Å². The van der Waals surface area contributed by atoms with Crippen molar-refractivity contribution in [3.8, 4) is 0 Å². The van der Waals surface area contributed by atoms with E-state index in [1.54, 1.807) is 6.92 Å². The van der Waals surface area contributed by atoms with Crippen molar-refractivity contribution in [1.29, 1.82) is 0 Å². The first-order chi connectivity index (χ1) is 9.29. The van der Waals surface area contributed by atoms with Crippen LogP contribution in [0.2, 0.25) is 5.02 Å². The zero-order valence-corrected chi connectivity index (χ0v) is 12.7. The average Bonchev–Trinajstić information content (AvgIpc) is 3.15. The molecule has 0 radical (unpaired) electrons. The third-order valence-corrected chi connectivity index (χ3v) is 4.71. The molecule has 1 amide bonds. The van der Waals surface area contributed by atoms with E-state index >= 15 is 0 Å². The fraction of sp³-hybridized carbons (Fsp3) is 0.462. The first-order valence-electron chi connectivity index (χ1n) is 6.40. The molecule has 1 aliphatic carbocycles. The molecule has 1 aromatic rings. The zero-order valence-electron chi connectivity index (χ0n) is 11.1. The van der Waals surface area contributed by atoms with Crippen LogP contribution in [-0.2, 0) is 10.0 Å². The number of hydrogen-bond acceptors (Lipinski definition) is 3. The van der Waals surface area contributed by atoms with Gasteiger partial charge in [0.25, 0.3) is 5.91 Å². The van der Waals surface area contributed by atoms with Crippen LogP contribution in [0.4, 0.5) is 0 Å². The predicted octanol–water partition coefficient (Wildman–Crippen LogP) is 1.83. The SMILES string of the molecule is Cc1c(Cl)cc(S(N)(=O)=O)cc1C(=O)NCCC1CC1. The van der Waals surface area contributed by atoms with E-state index in [4.69, 9.17) is 16.7 Å². The molecule has 20 heavy (non-hydrogen) atoms. The smallest absolute Gasteiger partial charge is 0.251 e. The van der Waals surface area contributed by atoms with E-state index in [2.05, 4.69) is 5.32 Å². The average molecular weight is 317 g/mol. The molecule has 5 nitrogen and oxygen atoms in total. The summed E-state index contributed by atoms with van der Waals surface area (Å²) in [6.45, 7) is 2.26. The summed E-state index contributed by atoms with van der Waals surface area (Å²) in [5.41, 5.74) is 0.792.